The third-order valence-electron chi connectivity index (χ3n) is 0.445. The second-order valence-corrected chi connectivity index (χ2v) is 18.7. The smallest absolute Gasteiger partial charge is 0.184 e. The van der Waals surface area contributed by atoms with Crippen LogP contribution in [0.4, 0.5) is 0 Å². The van der Waals surface area contributed by atoms with Crippen molar-refractivity contribution in [1.29, 1.82) is 0 Å². The van der Waals surface area contributed by atoms with E-state index in [1.165, 1.54) is 0 Å². The summed E-state index contributed by atoms with van der Waals surface area (Å²) in [7, 11) is 0. The highest BCUT2D eigenvalue weighted by atomic mass is 35.9. The van der Waals surface area contributed by atoms with Gasteiger partial charge in [-0.15, -0.1) is 66.5 Å². The number of nitrogens with zero attached hydrogens (tertiary/aromatic N) is 1. The average molecular weight is 318 g/mol. The largest absolute Gasteiger partial charge is 0.434 e. The molecule has 0 heterocycles. The van der Waals surface area contributed by atoms with E-state index < -0.39 is 12.3 Å². The standard InChI is InChI=1S/Cl7NSi2/c1-8(9(2,3)4)10(5,6)7. The van der Waals surface area contributed by atoms with Crippen molar-refractivity contribution < 1.29 is 0 Å². The van der Waals surface area contributed by atoms with Crippen LogP contribution >= 0.6 is 78.3 Å². The highest BCUT2D eigenvalue weighted by molar-refractivity contribution is 7.73. The van der Waals surface area contributed by atoms with Crippen LogP contribution in [-0.2, 0) is 0 Å². The molecule has 0 spiro atoms. The van der Waals surface area contributed by atoms with Gasteiger partial charge in [0.25, 0.3) is 0 Å². The van der Waals surface area contributed by atoms with Crippen LogP contribution in [0.25, 0.3) is 0 Å². The summed E-state index contributed by atoms with van der Waals surface area (Å²) in [6.45, 7) is 0. The SMILES string of the molecule is ClN([Si](Cl)(Cl)Cl)[Si](Cl)(Cl)Cl. The first-order chi connectivity index (χ1) is 4.15. The van der Waals surface area contributed by atoms with Gasteiger partial charge >= 0.3 is 12.3 Å². The minimum atomic E-state index is -3.21. The van der Waals surface area contributed by atoms with E-state index in [-0.39, 0.29) is 0 Å². The summed E-state index contributed by atoms with van der Waals surface area (Å²) in [4.78, 5) is 0. The van der Waals surface area contributed by atoms with Crippen LogP contribution in [0, 0.1) is 0 Å². The van der Waals surface area contributed by atoms with Crippen molar-refractivity contribution in [2.75, 3.05) is 0 Å². The summed E-state index contributed by atoms with van der Waals surface area (Å²) in [5.74, 6) is 0. The van der Waals surface area contributed by atoms with Crippen LogP contribution in [0.1, 0.15) is 0 Å². The summed E-state index contributed by atoms with van der Waals surface area (Å²) < 4.78 is 0.718. The van der Waals surface area contributed by atoms with Crippen LogP contribution in [0.3, 0.4) is 0 Å². The van der Waals surface area contributed by atoms with Gasteiger partial charge in [0.05, 0.1) is 0 Å². The van der Waals surface area contributed by atoms with Gasteiger partial charge in [0.1, 0.15) is 0 Å². The zero-order chi connectivity index (χ0) is 8.58. The zero-order valence-corrected chi connectivity index (χ0v) is 11.4. The minimum Gasteiger partial charge on any atom is -0.184 e. The first-order valence-electron chi connectivity index (χ1n) is 1.75. The van der Waals surface area contributed by atoms with E-state index >= 15 is 0 Å². The molecule has 0 aromatic heterocycles. The average Bonchev–Trinajstić information content (AvgIpc) is 1.59. The molecule has 0 N–H and O–H groups in total. The van der Waals surface area contributed by atoms with Crippen LogP contribution in [0.5, 0.6) is 0 Å². The second kappa shape index (κ2) is 4.09. The van der Waals surface area contributed by atoms with E-state index in [2.05, 4.69) is 0 Å². The van der Waals surface area contributed by atoms with Crippen molar-refractivity contribution in [3.8, 4) is 0 Å². The lowest BCUT2D eigenvalue weighted by Gasteiger charge is -2.23. The molecule has 0 aliphatic rings. The van der Waals surface area contributed by atoms with Crippen molar-refractivity contribution in [2.45, 2.75) is 0 Å². The monoisotopic (exact) mass is 315 g/mol. The van der Waals surface area contributed by atoms with Crippen molar-refractivity contribution in [3.63, 3.8) is 0 Å². The molecule has 10 heavy (non-hydrogen) atoms. The number of hydrogen-bond acceptors (Lipinski definition) is 1. The van der Waals surface area contributed by atoms with E-state index in [1.807, 2.05) is 0 Å². The molecule has 0 unspecified atom stereocenters. The van der Waals surface area contributed by atoms with Crippen molar-refractivity contribution in [2.24, 2.45) is 0 Å². The maximum atomic E-state index is 5.41. The summed E-state index contributed by atoms with van der Waals surface area (Å²) in [5, 5.41) is 0. The maximum Gasteiger partial charge on any atom is 0.434 e. The van der Waals surface area contributed by atoms with Gasteiger partial charge in [-0.2, -0.15) is 3.75 Å². The Morgan fingerprint density at radius 2 is 0.900 bits per heavy atom. The Morgan fingerprint density at radius 3 is 0.900 bits per heavy atom. The highest BCUT2D eigenvalue weighted by Crippen LogP contribution is 2.37. The van der Waals surface area contributed by atoms with E-state index in [0.717, 1.165) is 3.75 Å². The normalized spacial score (nSPS) is 14.4. The molecular weight excluding hydrogens is 318 g/mol. The summed E-state index contributed by atoms with van der Waals surface area (Å²) in [5.41, 5.74) is 0. The number of halogens is 7. The van der Waals surface area contributed by atoms with Gasteiger partial charge in [-0.3, -0.25) is 0 Å². The molecule has 0 amide bonds. The van der Waals surface area contributed by atoms with Crippen LogP contribution < -0.4 is 0 Å². The van der Waals surface area contributed by atoms with Crippen LogP contribution in [0.15, 0.2) is 0 Å². The highest BCUT2D eigenvalue weighted by Gasteiger charge is 2.48. The van der Waals surface area contributed by atoms with Gasteiger partial charge in [0.2, 0.25) is 0 Å². The Hall–Kier alpha value is 2.42. The molecule has 0 aliphatic heterocycles. The van der Waals surface area contributed by atoms with Gasteiger partial charge in [0.15, 0.2) is 0 Å². The van der Waals surface area contributed by atoms with E-state index in [4.69, 9.17) is 78.3 Å². The van der Waals surface area contributed by atoms with Gasteiger partial charge in [-0.05, 0) is 11.8 Å². The molecule has 0 aromatic carbocycles. The van der Waals surface area contributed by atoms with E-state index in [1.54, 1.807) is 0 Å². The molecule has 0 saturated heterocycles. The summed E-state index contributed by atoms with van der Waals surface area (Å²) >= 11 is 37.9. The van der Waals surface area contributed by atoms with Gasteiger partial charge in [-0.25, -0.2) is 0 Å². The first kappa shape index (κ1) is 12.4. The predicted molar refractivity (Wildman–Crippen MR) is 54.3 cm³/mol. The molecule has 0 radical (unpaired) electrons. The lowest BCUT2D eigenvalue weighted by atomic mass is 13.8. The predicted octanol–water partition coefficient (Wildman–Crippen LogP) is 3.75. The molecule has 0 aliphatic carbocycles. The van der Waals surface area contributed by atoms with Crippen molar-refractivity contribution in [1.82, 2.24) is 3.75 Å². The summed E-state index contributed by atoms with van der Waals surface area (Å²) in [6, 6.07) is 0. The Balaban J connectivity index is 4.23. The molecule has 62 valence electrons. The van der Waals surface area contributed by atoms with Crippen molar-refractivity contribution in [3.05, 3.63) is 0 Å². The Morgan fingerprint density at radius 1 is 0.700 bits per heavy atom. The Kier molecular flexibility index (Phi) is 5.08. The topological polar surface area (TPSA) is 3.24 Å². The Labute approximate surface area is 93.5 Å². The van der Waals surface area contributed by atoms with E-state index in [0.29, 0.717) is 0 Å². The molecule has 10 heteroatoms. The third kappa shape index (κ3) is 4.45. The second-order valence-electron chi connectivity index (χ2n) is 1.22. The zero-order valence-electron chi connectivity index (χ0n) is 4.09. The van der Waals surface area contributed by atoms with Crippen molar-refractivity contribution >= 4 is 90.6 Å². The van der Waals surface area contributed by atoms with Gasteiger partial charge in [0, 0.05) is 0 Å². The molecule has 0 atom stereocenters. The molecule has 1 nitrogen and oxygen atoms in total. The lowest BCUT2D eigenvalue weighted by molar-refractivity contribution is 1.13. The van der Waals surface area contributed by atoms with Gasteiger partial charge in [-0.1, -0.05) is 0 Å². The fraction of sp³-hybridized carbons (Fsp3) is 0. The Bertz CT molecular complexity index is 95.8. The van der Waals surface area contributed by atoms with Crippen LogP contribution in [-0.4, -0.2) is 16.1 Å². The quantitative estimate of drug-likeness (QED) is 0.426. The maximum absolute atomic E-state index is 5.41. The lowest BCUT2D eigenvalue weighted by Crippen LogP contribution is -2.44. The molecule has 0 fully saturated rings. The minimum absolute atomic E-state index is 0.718. The molecule has 0 rings (SSSR count). The van der Waals surface area contributed by atoms with Crippen LogP contribution in [0.2, 0.25) is 0 Å². The first-order valence-corrected chi connectivity index (χ1v) is 12.1. The fourth-order valence-electron chi connectivity index (χ4n) is 0.144. The number of rotatable bonds is 2. The van der Waals surface area contributed by atoms with E-state index in [9.17, 15) is 0 Å². The molecule has 0 saturated carbocycles. The summed E-state index contributed by atoms with van der Waals surface area (Å²) in [6.07, 6.45) is -6.43. The number of hydrogen-bond donors (Lipinski definition) is 0. The molecular formula is Cl7NSi2. The molecule has 0 aromatic rings. The third-order valence-corrected chi connectivity index (χ3v) is 12.0. The fourth-order valence-corrected chi connectivity index (χ4v) is 11.6. The van der Waals surface area contributed by atoms with Gasteiger partial charge < -0.3 is 0 Å². The molecule has 0 bridgehead atoms.